The van der Waals surface area contributed by atoms with Crippen molar-refractivity contribution in [1.29, 1.82) is 0 Å². The van der Waals surface area contributed by atoms with Crippen LogP contribution in [0, 0.1) is 5.82 Å². The lowest BCUT2D eigenvalue weighted by Crippen LogP contribution is -1.96. The first-order valence-electron chi connectivity index (χ1n) is 8.44. The smallest absolute Gasteiger partial charge is 0.195 e. The van der Waals surface area contributed by atoms with E-state index >= 15 is 0 Å². The van der Waals surface area contributed by atoms with Crippen LogP contribution in [-0.2, 0) is 16.3 Å². The Kier molecular flexibility index (Phi) is 5.23. The molecule has 0 saturated heterocycles. The second kappa shape index (κ2) is 7.41. The largest absolute Gasteiger partial charge is 0.440 e. The first-order valence-corrected chi connectivity index (χ1v) is 10.3. The maximum absolute atomic E-state index is 13.3. The molecule has 2 aromatic carbocycles. The van der Waals surface area contributed by atoms with Crippen molar-refractivity contribution in [3.8, 4) is 22.6 Å². The van der Waals surface area contributed by atoms with Gasteiger partial charge in [0.1, 0.15) is 11.5 Å². The Morgan fingerprint density at radius 1 is 1.00 bits per heavy atom. The summed E-state index contributed by atoms with van der Waals surface area (Å²) in [5, 5.41) is 0. The van der Waals surface area contributed by atoms with E-state index in [1.54, 1.807) is 36.4 Å². The minimum atomic E-state index is -3.26. The van der Waals surface area contributed by atoms with Crippen LogP contribution < -0.4 is 0 Å². The molecule has 0 saturated carbocycles. The summed E-state index contributed by atoms with van der Waals surface area (Å²) in [6, 6.07) is 12.6. The molecule has 4 nitrogen and oxygen atoms in total. The van der Waals surface area contributed by atoms with Gasteiger partial charge in [0.05, 0.1) is 4.90 Å². The minimum Gasteiger partial charge on any atom is -0.440 e. The predicted octanol–water partition coefficient (Wildman–Crippen LogP) is 4.89. The van der Waals surface area contributed by atoms with Crippen molar-refractivity contribution in [2.24, 2.45) is 0 Å². The number of hydrogen-bond acceptors (Lipinski definition) is 4. The van der Waals surface area contributed by atoms with Crippen LogP contribution in [0.1, 0.15) is 25.7 Å². The van der Waals surface area contributed by atoms with E-state index in [0.29, 0.717) is 23.8 Å². The molecule has 0 spiro atoms. The molecular formula is C20H20FNO3S. The van der Waals surface area contributed by atoms with Crippen LogP contribution >= 0.6 is 0 Å². The molecule has 0 atom stereocenters. The zero-order chi connectivity index (χ0) is 18.7. The molecule has 1 heterocycles. The van der Waals surface area contributed by atoms with E-state index in [1.165, 1.54) is 18.4 Å². The summed E-state index contributed by atoms with van der Waals surface area (Å²) < 4.78 is 42.5. The van der Waals surface area contributed by atoms with Gasteiger partial charge in [-0.3, -0.25) is 0 Å². The molecule has 3 aromatic rings. The molecule has 0 amide bonds. The lowest BCUT2D eigenvalue weighted by Gasteiger charge is -2.03. The van der Waals surface area contributed by atoms with E-state index in [0.717, 1.165) is 24.0 Å². The number of nitrogens with zero attached hydrogens (tertiary/aromatic N) is 1. The minimum absolute atomic E-state index is 0.246. The summed E-state index contributed by atoms with van der Waals surface area (Å²) >= 11 is 0. The summed E-state index contributed by atoms with van der Waals surface area (Å²) in [5.41, 5.74) is 2.11. The highest BCUT2D eigenvalue weighted by Crippen LogP contribution is 2.33. The number of rotatable bonds is 6. The van der Waals surface area contributed by atoms with Crippen LogP contribution in [-0.4, -0.2) is 19.7 Å². The van der Waals surface area contributed by atoms with Crippen molar-refractivity contribution in [1.82, 2.24) is 4.98 Å². The molecule has 26 heavy (non-hydrogen) atoms. The highest BCUT2D eigenvalue weighted by Gasteiger charge is 2.17. The second-order valence-electron chi connectivity index (χ2n) is 6.19. The number of halogens is 1. The van der Waals surface area contributed by atoms with E-state index in [1.807, 2.05) is 0 Å². The Morgan fingerprint density at radius 2 is 1.62 bits per heavy atom. The quantitative estimate of drug-likeness (QED) is 0.617. The average molecular weight is 373 g/mol. The number of unbranched alkanes of at least 4 members (excludes halogenated alkanes) is 1. The Bertz CT molecular complexity index is 991. The van der Waals surface area contributed by atoms with Crippen molar-refractivity contribution in [3.05, 3.63) is 60.2 Å². The lowest BCUT2D eigenvalue weighted by molar-refractivity contribution is 0.496. The number of sulfone groups is 1. The van der Waals surface area contributed by atoms with Gasteiger partial charge in [-0.15, -0.1) is 0 Å². The monoisotopic (exact) mass is 373 g/mol. The number of oxazole rings is 1. The molecule has 0 fully saturated rings. The average Bonchev–Trinajstić information content (AvgIpc) is 3.04. The second-order valence-corrected chi connectivity index (χ2v) is 8.21. The summed E-state index contributed by atoms with van der Waals surface area (Å²) in [5.74, 6) is 0.860. The number of benzene rings is 2. The van der Waals surface area contributed by atoms with Gasteiger partial charge < -0.3 is 4.42 Å². The van der Waals surface area contributed by atoms with Gasteiger partial charge in [-0.2, -0.15) is 0 Å². The van der Waals surface area contributed by atoms with Crippen molar-refractivity contribution in [2.75, 3.05) is 6.26 Å². The molecule has 0 bridgehead atoms. The van der Waals surface area contributed by atoms with Crippen LogP contribution in [0.3, 0.4) is 0 Å². The molecule has 136 valence electrons. The van der Waals surface area contributed by atoms with E-state index in [4.69, 9.17) is 4.42 Å². The standard InChI is InChI=1S/C20H20FNO3S/c1-3-4-5-18-22-19(14-6-10-16(21)11-7-14)20(25-18)15-8-12-17(13-9-15)26(2,23)24/h6-13H,3-5H2,1-2H3. The number of hydrogen-bond donors (Lipinski definition) is 0. The van der Waals surface area contributed by atoms with Gasteiger partial charge >= 0.3 is 0 Å². The molecule has 0 aliphatic heterocycles. The van der Waals surface area contributed by atoms with Gasteiger partial charge in [-0.05, 0) is 55.0 Å². The van der Waals surface area contributed by atoms with Crippen molar-refractivity contribution >= 4 is 9.84 Å². The maximum atomic E-state index is 13.3. The van der Waals surface area contributed by atoms with E-state index in [-0.39, 0.29) is 10.7 Å². The van der Waals surface area contributed by atoms with Crippen molar-refractivity contribution < 1.29 is 17.2 Å². The van der Waals surface area contributed by atoms with Crippen LogP contribution in [0.5, 0.6) is 0 Å². The molecule has 0 aliphatic rings. The first-order chi connectivity index (χ1) is 12.4. The molecule has 0 unspecified atom stereocenters. The van der Waals surface area contributed by atoms with Crippen LogP contribution in [0.15, 0.2) is 57.8 Å². The molecule has 0 radical (unpaired) electrons. The third-order valence-electron chi connectivity index (χ3n) is 4.08. The zero-order valence-electron chi connectivity index (χ0n) is 14.7. The molecular weight excluding hydrogens is 353 g/mol. The van der Waals surface area contributed by atoms with E-state index < -0.39 is 9.84 Å². The Balaban J connectivity index is 2.06. The fourth-order valence-corrected chi connectivity index (χ4v) is 3.28. The fourth-order valence-electron chi connectivity index (χ4n) is 2.65. The zero-order valence-corrected chi connectivity index (χ0v) is 15.5. The first kappa shape index (κ1) is 18.3. The van der Waals surface area contributed by atoms with Crippen LogP contribution in [0.25, 0.3) is 22.6 Å². The van der Waals surface area contributed by atoms with Crippen LogP contribution in [0.4, 0.5) is 4.39 Å². The highest BCUT2D eigenvalue weighted by molar-refractivity contribution is 7.90. The van der Waals surface area contributed by atoms with E-state index in [2.05, 4.69) is 11.9 Å². The number of aromatic nitrogens is 1. The summed E-state index contributed by atoms with van der Waals surface area (Å²) in [6.45, 7) is 2.09. The molecule has 1 aromatic heterocycles. The normalized spacial score (nSPS) is 11.7. The van der Waals surface area contributed by atoms with Crippen molar-refractivity contribution in [3.63, 3.8) is 0 Å². The Morgan fingerprint density at radius 3 is 2.19 bits per heavy atom. The highest BCUT2D eigenvalue weighted by atomic mass is 32.2. The van der Waals surface area contributed by atoms with Gasteiger partial charge in [0, 0.05) is 23.8 Å². The van der Waals surface area contributed by atoms with Gasteiger partial charge in [0.15, 0.2) is 21.5 Å². The van der Waals surface area contributed by atoms with Gasteiger partial charge in [0.2, 0.25) is 0 Å². The Labute approximate surface area is 152 Å². The Hall–Kier alpha value is -2.47. The van der Waals surface area contributed by atoms with E-state index in [9.17, 15) is 12.8 Å². The van der Waals surface area contributed by atoms with Gasteiger partial charge in [0.25, 0.3) is 0 Å². The lowest BCUT2D eigenvalue weighted by atomic mass is 10.1. The number of aryl methyl sites for hydroxylation is 1. The summed E-state index contributed by atoms with van der Waals surface area (Å²) in [7, 11) is -3.26. The fraction of sp³-hybridized carbons (Fsp3) is 0.250. The maximum Gasteiger partial charge on any atom is 0.195 e. The van der Waals surface area contributed by atoms with Gasteiger partial charge in [-0.1, -0.05) is 13.3 Å². The van der Waals surface area contributed by atoms with Gasteiger partial charge in [-0.25, -0.2) is 17.8 Å². The topological polar surface area (TPSA) is 60.2 Å². The van der Waals surface area contributed by atoms with Crippen molar-refractivity contribution in [2.45, 2.75) is 31.1 Å². The third-order valence-corrected chi connectivity index (χ3v) is 5.21. The van der Waals surface area contributed by atoms with Crippen LogP contribution in [0.2, 0.25) is 0 Å². The SMILES string of the molecule is CCCCc1nc(-c2ccc(F)cc2)c(-c2ccc(S(C)(=O)=O)cc2)o1. The molecule has 6 heteroatoms. The summed E-state index contributed by atoms with van der Waals surface area (Å²) in [4.78, 5) is 4.83. The predicted molar refractivity (Wildman–Crippen MR) is 99.1 cm³/mol. The molecule has 0 aliphatic carbocycles. The molecule has 3 rings (SSSR count). The third kappa shape index (κ3) is 4.02. The molecule has 0 N–H and O–H groups in total. The summed E-state index contributed by atoms with van der Waals surface area (Å²) in [6.07, 6.45) is 3.86.